The van der Waals surface area contributed by atoms with Crippen molar-refractivity contribution in [3.05, 3.63) is 0 Å². The predicted molar refractivity (Wildman–Crippen MR) is 77.8 cm³/mol. The maximum atomic E-state index is 12.0. The summed E-state index contributed by atoms with van der Waals surface area (Å²) in [5.41, 5.74) is 5.48. The first-order chi connectivity index (χ1) is 9.19. The van der Waals surface area contributed by atoms with Crippen LogP contribution in [0.25, 0.3) is 0 Å². The second-order valence-corrected chi connectivity index (χ2v) is 6.35. The van der Waals surface area contributed by atoms with E-state index in [1.165, 1.54) is 38.8 Å². The van der Waals surface area contributed by atoms with Gasteiger partial charge in [-0.25, -0.2) is 0 Å². The third kappa shape index (κ3) is 5.91. The highest BCUT2D eigenvalue weighted by Crippen LogP contribution is 2.33. The average molecular weight is 267 g/mol. The van der Waals surface area contributed by atoms with Crippen LogP contribution in [0.4, 0.5) is 0 Å². The molecule has 4 nitrogen and oxygen atoms in total. The summed E-state index contributed by atoms with van der Waals surface area (Å²) >= 11 is 0. The molecule has 2 aliphatic carbocycles. The van der Waals surface area contributed by atoms with Crippen LogP contribution in [0.15, 0.2) is 0 Å². The van der Waals surface area contributed by atoms with E-state index in [4.69, 9.17) is 5.73 Å². The van der Waals surface area contributed by atoms with Crippen molar-refractivity contribution < 1.29 is 4.79 Å². The minimum Gasteiger partial charge on any atom is -0.346 e. The van der Waals surface area contributed by atoms with Gasteiger partial charge >= 0.3 is 0 Å². The zero-order valence-corrected chi connectivity index (χ0v) is 12.3. The molecule has 0 saturated heterocycles. The first-order valence-corrected chi connectivity index (χ1v) is 7.85. The van der Waals surface area contributed by atoms with Gasteiger partial charge in [-0.15, -0.1) is 0 Å². The lowest BCUT2D eigenvalue weighted by molar-refractivity contribution is -0.130. The van der Waals surface area contributed by atoms with E-state index >= 15 is 0 Å². The summed E-state index contributed by atoms with van der Waals surface area (Å²) in [5.74, 6) is 2.11. The number of carbonyl (C=O) groups excluding carboxylic acids is 1. The summed E-state index contributed by atoms with van der Waals surface area (Å²) in [6, 6.07) is 0. The van der Waals surface area contributed by atoms with Gasteiger partial charge < -0.3 is 15.5 Å². The number of nitrogens with zero attached hydrogens (tertiary/aromatic N) is 2. The minimum atomic E-state index is 0.269. The second kappa shape index (κ2) is 7.25. The largest absolute Gasteiger partial charge is 0.346 e. The Kier molecular flexibility index (Phi) is 5.64. The molecule has 0 aromatic rings. The van der Waals surface area contributed by atoms with Gasteiger partial charge in [-0.2, -0.15) is 0 Å². The lowest BCUT2D eigenvalue weighted by Crippen LogP contribution is -2.35. The topological polar surface area (TPSA) is 49.6 Å². The summed E-state index contributed by atoms with van der Waals surface area (Å²) in [6.45, 7) is 4.83. The van der Waals surface area contributed by atoms with Crippen molar-refractivity contribution in [1.29, 1.82) is 0 Å². The molecule has 0 atom stereocenters. The smallest absolute Gasteiger partial charge is 0.223 e. The van der Waals surface area contributed by atoms with Crippen LogP contribution >= 0.6 is 0 Å². The fourth-order valence-corrected chi connectivity index (χ4v) is 2.49. The third-order valence-corrected chi connectivity index (χ3v) is 4.19. The van der Waals surface area contributed by atoms with Crippen molar-refractivity contribution in [2.24, 2.45) is 17.6 Å². The summed E-state index contributed by atoms with van der Waals surface area (Å²) in [4.78, 5) is 16.4. The van der Waals surface area contributed by atoms with Gasteiger partial charge in [-0.3, -0.25) is 4.79 Å². The molecular weight excluding hydrogens is 238 g/mol. The molecule has 0 aromatic carbocycles. The monoisotopic (exact) mass is 267 g/mol. The molecular formula is C15H29N3O. The van der Waals surface area contributed by atoms with E-state index in [-0.39, 0.29) is 5.91 Å². The summed E-state index contributed by atoms with van der Waals surface area (Å²) < 4.78 is 0. The van der Waals surface area contributed by atoms with Crippen molar-refractivity contribution in [3.63, 3.8) is 0 Å². The molecule has 2 rings (SSSR count). The number of carbonyl (C=O) groups is 1. The molecule has 4 heteroatoms. The van der Waals surface area contributed by atoms with Crippen LogP contribution in [0.1, 0.15) is 38.5 Å². The Morgan fingerprint density at radius 1 is 1.11 bits per heavy atom. The SMILES string of the molecule is CN(CCCN)C(=O)CCN(CC1CC1)CC1CC1. The minimum absolute atomic E-state index is 0.269. The fraction of sp³-hybridized carbons (Fsp3) is 0.933. The summed E-state index contributed by atoms with van der Waals surface area (Å²) in [5, 5.41) is 0. The van der Waals surface area contributed by atoms with Crippen LogP contribution in [0.2, 0.25) is 0 Å². The first-order valence-electron chi connectivity index (χ1n) is 7.85. The van der Waals surface area contributed by atoms with Crippen LogP contribution in [0.5, 0.6) is 0 Å². The summed E-state index contributed by atoms with van der Waals surface area (Å²) in [6.07, 6.45) is 7.14. The highest BCUT2D eigenvalue weighted by Gasteiger charge is 2.29. The molecule has 19 heavy (non-hydrogen) atoms. The number of hydrogen-bond acceptors (Lipinski definition) is 3. The molecule has 2 N–H and O–H groups in total. The third-order valence-electron chi connectivity index (χ3n) is 4.19. The van der Waals surface area contributed by atoms with Crippen molar-refractivity contribution in [3.8, 4) is 0 Å². The number of rotatable bonds is 10. The van der Waals surface area contributed by atoms with Gasteiger partial charge in [0, 0.05) is 39.6 Å². The van der Waals surface area contributed by atoms with Crippen LogP contribution in [-0.2, 0) is 4.79 Å². The van der Waals surface area contributed by atoms with E-state index in [2.05, 4.69) is 4.90 Å². The predicted octanol–water partition coefficient (Wildman–Crippen LogP) is 1.31. The van der Waals surface area contributed by atoms with Crippen LogP contribution in [0, 0.1) is 11.8 Å². The zero-order valence-electron chi connectivity index (χ0n) is 12.3. The normalized spacial score (nSPS) is 18.9. The highest BCUT2D eigenvalue weighted by atomic mass is 16.2. The second-order valence-electron chi connectivity index (χ2n) is 6.35. The highest BCUT2D eigenvalue weighted by molar-refractivity contribution is 5.76. The van der Waals surface area contributed by atoms with Crippen molar-refractivity contribution in [2.45, 2.75) is 38.5 Å². The van der Waals surface area contributed by atoms with Crippen LogP contribution in [0.3, 0.4) is 0 Å². The van der Waals surface area contributed by atoms with E-state index in [0.29, 0.717) is 13.0 Å². The van der Waals surface area contributed by atoms with Gasteiger partial charge in [0.05, 0.1) is 0 Å². The molecule has 0 aliphatic heterocycles. The van der Waals surface area contributed by atoms with E-state index in [0.717, 1.165) is 31.3 Å². The molecule has 0 spiro atoms. The molecule has 0 bridgehead atoms. The molecule has 0 aromatic heterocycles. The van der Waals surface area contributed by atoms with E-state index in [9.17, 15) is 4.79 Å². The van der Waals surface area contributed by atoms with Gasteiger partial charge in [0.1, 0.15) is 0 Å². The van der Waals surface area contributed by atoms with Gasteiger partial charge in [0.2, 0.25) is 5.91 Å². The molecule has 0 heterocycles. The van der Waals surface area contributed by atoms with Gasteiger partial charge in [-0.05, 0) is 50.5 Å². The van der Waals surface area contributed by atoms with Crippen LogP contribution < -0.4 is 5.73 Å². The van der Waals surface area contributed by atoms with Crippen molar-refractivity contribution in [2.75, 3.05) is 39.8 Å². The van der Waals surface area contributed by atoms with E-state index < -0.39 is 0 Å². The van der Waals surface area contributed by atoms with Gasteiger partial charge in [0.25, 0.3) is 0 Å². The zero-order chi connectivity index (χ0) is 13.7. The number of amides is 1. The standard InChI is InChI=1S/C15H29N3O/c1-17(9-2-8-16)15(19)7-10-18(11-13-3-4-13)12-14-5-6-14/h13-14H,2-12,16H2,1H3. The molecule has 110 valence electrons. The molecule has 1 amide bonds. The Bertz CT molecular complexity index is 273. The fourth-order valence-electron chi connectivity index (χ4n) is 2.49. The Balaban J connectivity index is 1.65. The average Bonchev–Trinajstić information content (AvgIpc) is 3.28. The Labute approximate surface area is 117 Å². The number of nitrogens with two attached hydrogens (primary N) is 1. The molecule has 2 aliphatic rings. The Morgan fingerprint density at radius 3 is 2.16 bits per heavy atom. The van der Waals surface area contributed by atoms with Gasteiger partial charge in [0.15, 0.2) is 0 Å². The van der Waals surface area contributed by atoms with Crippen molar-refractivity contribution >= 4 is 5.91 Å². The van der Waals surface area contributed by atoms with Crippen molar-refractivity contribution in [1.82, 2.24) is 9.80 Å². The Morgan fingerprint density at radius 2 is 1.68 bits per heavy atom. The summed E-state index contributed by atoms with van der Waals surface area (Å²) in [7, 11) is 1.89. The van der Waals surface area contributed by atoms with Gasteiger partial charge in [-0.1, -0.05) is 0 Å². The maximum Gasteiger partial charge on any atom is 0.223 e. The molecule has 2 fully saturated rings. The van der Waals surface area contributed by atoms with Crippen LogP contribution in [-0.4, -0.2) is 55.5 Å². The Hall–Kier alpha value is -0.610. The molecule has 0 radical (unpaired) electrons. The van der Waals surface area contributed by atoms with E-state index in [1.807, 2.05) is 11.9 Å². The maximum absolute atomic E-state index is 12.0. The number of hydrogen-bond donors (Lipinski definition) is 1. The van der Waals surface area contributed by atoms with E-state index in [1.54, 1.807) is 0 Å². The first kappa shape index (κ1) is 14.8. The molecule has 0 unspecified atom stereocenters. The lowest BCUT2D eigenvalue weighted by Gasteiger charge is -2.23. The molecule has 2 saturated carbocycles. The quantitative estimate of drug-likeness (QED) is 0.649. The lowest BCUT2D eigenvalue weighted by atomic mass is 10.2.